The second kappa shape index (κ2) is 17.5. The van der Waals surface area contributed by atoms with Crippen LogP contribution in [0.15, 0.2) is 0 Å². The molecule has 20 atom stereocenters. The maximum Gasteiger partial charge on any atom is 0.249 e. The van der Waals surface area contributed by atoms with E-state index in [0.29, 0.717) is 0 Å². The third-order valence-corrected chi connectivity index (χ3v) is 9.40. The molecule has 0 spiro atoms. The van der Waals surface area contributed by atoms with Gasteiger partial charge in [-0.15, -0.1) is 0 Å². The second-order valence-corrected chi connectivity index (χ2v) is 12.8. The van der Waals surface area contributed by atoms with Gasteiger partial charge in [-0.2, -0.15) is 0 Å². The summed E-state index contributed by atoms with van der Waals surface area (Å²) in [6.07, 6.45) is -23.2. The Morgan fingerprint density at radius 3 is 1.67 bits per heavy atom. The molecule has 0 radical (unpaired) electrons. The maximum atomic E-state index is 12.6. The number of ether oxygens (including phenoxy) is 6. The number of hydrogen-bond donors (Lipinski definition) is 15. The SMILES string of the molecule is NCC[C@H](O)C(=O)N[C@@H]1C[C@H](N)[C@@H](O[C@H]2O[C@H](CN)[C@@H](O)[C@@H](O)[C@H]2N)[C@H](O[C@@H]2O[C@H](CO)[C@@H](O[C@H]3O[C@@H](CN)[C@H](O)[C@H](O)[C@H]3N)[C@H]2O)[C@H]1O. The van der Waals surface area contributed by atoms with Gasteiger partial charge in [-0.25, -0.2) is 0 Å². The van der Waals surface area contributed by atoms with Crippen molar-refractivity contribution in [3.63, 3.8) is 0 Å². The molecule has 4 aliphatic rings. The summed E-state index contributed by atoms with van der Waals surface area (Å²) in [4.78, 5) is 12.6. The van der Waals surface area contributed by atoms with Gasteiger partial charge in [0.25, 0.3) is 0 Å². The third-order valence-electron chi connectivity index (χ3n) is 9.40. The molecule has 1 saturated carbocycles. The number of nitrogens with two attached hydrogens (primary N) is 6. The quantitative estimate of drug-likeness (QED) is 0.0841. The lowest BCUT2D eigenvalue weighted by molar-refractivity contribution is -0.307. The summed E-state index contributed by atoms with van der Waals surface area (Å²) in [7, 11) is 0. The monoisotopic (exact) mass is 715 g/mol. The summed E-state index contributed by atoms with van der Waals surface area (Å²) >= 11 is 0. The van der Waals surface area contributed by atoms with E-state index in [2.05, 4.69) is 5.32 Å². The van der Waals surface area contributed by atoms with E-state index in [1.165, 1.54) is 0 Å². The van der Waals surface area contributed by atoms with E-state index < -0.39 is 135 Å². The van der Waals surface area contributed by atoms with E-state index in [1.807, 2.05) is 0 Å². The lowest BCUT2D eigenvalue weighted by atomic mass is 9.83. The Bertz CT molecular complexity index is 1060. The molecule has 21 N–H and O–H groups in total. The van der Waals surface area contributed by atoms with E-state index in [-0.39, 0.29) is 32.5 Å². The fourth-order valence-electron chi connectivity index (χ4n) is 6.42. The van der Waals surface area contributed by atoms with Gasteiger partial charge < -0.3 is 109 Å². The Labute approximate surface area is 281 Å². The van der Waals surface area contributed by atoms with Crippen LogP contribution in [0.4, 0.5) is 0 Å². The molecule has 1 amide bonds. The van der Waals surface area contributed by atoms with Crippen LogP contribution in [0.5, 0.6) is 0 Å². The fourth-order valence-corrected chi connectivity index (χ4v) is 6.42. The lowest BCUT2D eigenvalue weighted by Gasteiger charge is -2.48. The molecule has 1 aliphatic carbocycles. The standard InChI is InChI=1S/C27H53N7O15/c28-2-1-9(36)24(43)34-8-3-7(31)21(47-25-13(32)18(40)16(38)10(4-29)44-25)23(15(8)37)49-27-20(42)22(12(6-35)46-27)48-26-14(33)19(41)17(39)11(5-30)45-26/h7-23,25-27,35-42H,1-6,28-33H2,(H,34,43)/t7-,8+,9-,10+,11-,12+,13+,14+,15-,16+,17-,18-,19+,20+,21+,22+,23+,25+,26+,27-/m0/s1. The molecule has 3 aliphatic heterocycles. The summed E-state index contributed by atoms with van der Waals surface area (Å²) in [5.74, 6) is -0.849. The van der Waals surface area contributed by atoms with E-state index in [9.17, 15) is 45.6 Å². The van der Waals surface area contributed by atoms with Gasteiger partial charge in [-0.1, -0.05) is 0 Å². The largest absolute Gasteiger partial charge is 0.394 e. The molecule has 22 nitrogen and oxygen atoms in total. The highest BCUT2D eigenvalue weighted by atomic mass is 16.8. The zero-order valence-corrected chi connectivity index (χ0v) is 26.7. The van der Waals surface area contributed by atoms with Crippen molar-refractivity contribution in [1.82, 2.24) is 5.32 Å². The Kier molecular flexibility index (Phi) is 14.4. The predicted octanol–water partition coefficient (Wildman–Crippen LogP) is -10.0. The highest BCUT2D eigenvalue weighted by molar-refractivity contribution is 5.80. The summed E-state index contributed by atoms with van der Waals surface area (Å²) < 4.78 is 35.0. The van der Waals surface area contributed by atoms with Crippen molar-refractivity contribution >= 4 is 5.91 Å². The first-order chi connectivity index (χ1) is 23.2. The third kappa shape index (κ3) is 8.66. The van der Waals surface area contributed by atoms with Crippen LogP contribution >= 0.6 is 0 Å². The molecule has 0 aromatic heterocycles. The molecule has 286 valence electrons. The van der Waals surface area contributed by atoms with Crippen LogP contribution in [0.25, 0.3) is 0 Å². The highest BCUT2D eigenvalue weighted by Crippen LogP contribution is 2.34. The molecular weight excluding hydrogens is 662 g/mol. The first kappa shape index (κ1) is 40.4. The minimum Gasteiger partial charge on any atom is -0.394 e. The van der Waals surface area contributed by atoms with Gasteiger partial charge in [0.15, 0.2) is 18.9 Å². The van der Waals surface area contributed by atoms with Crippen LogP contribution in [-0.2, 0) is 33.2 Å². The number of rotatable bonds is 13. The molecule has 4 rings (SSSR count). The highest BCUT2D eigenvalue weighted by Gasteiger charge is 2.55. The summed E-state index contributed by atoms with van der Waals surface area (Å²) in [5, 5.41) is 86.9. The zero-order valence-electron chi connectivity index (χ0n) is 26.7. The number of aliphatic hydroxyl groups is 8. The van der Waals surface area contributed by atoms with Crippen LogP contribution in [0.2, 0.25) is 0 Å². The van der Waals surface area contributed by atoms with E-state index in [1.54, 1.807) is 0 Å². The topological polar surface area (TPSA) is 402 Å². The van der Waals surface area contributed by atoms with Gasteiger partial charge in [0.2, 0.25) is 5.91 Å². The maximum absolute atomic E-state index is 12.6. The van der Waals surface area contributed by atoms with Gasteiger partial charge in [0, 0.05) is 19.1 Å². The van der Waals surface area contributed by atoms with Crippen molar-refractivity contribution in [3.8, 4) is 0 Å². The number of nitrogens with one attached hydrogen (secondary N) is 1. The molecule has 22 heteroatoms. The Morgan fingerprint density at radius 1 is 0.694 bits per heavy atom. The summed E-state index contributed by atoms with van der Waals surface area (Å²) in [6, 6.07) is -4.82. The second-order valence-electron chi connectivity index (χ2n) is 12.8. The van der Waals surface area contributed by atoms with Crippen molar-refractivity contribution in [2.24, 2.45) is 34.4 Å². The van der Waals surface area contributed by atoms with Crippen molar-refractivity contribution in [3.05, 3.63) is 0 Å². The van der Waals surface area contributed by atoms with Crippen molar-refractivity contribution < 1.29 is 74.1 Å². The number of carbonyl (C=O) groups is 1. The Balaban J connectivity index is 1.57. The summed E-state index contributed by atoms with van der Waals surface area (Å²) in [6.45, 7) is -1.14. The molecular formula is C27H53N7O15. The first-order valence-electron chi connectivity index (χ1n) is 16.2. The van der Waals surface area contributed by atoms with Crippen LogP contribution in [0.1, 0.15) is 12.8 Å². The Hall–Kier alpha value is -1.33. The number of hydrogen-bond acceptors (Lipinski definition) is 21. The van der Waals surface area contributed by atoms with Crippen LogP contribution in [-0.4, -0.2) is 195 Å². The molecule has 4 fully saturated rings. The molecule has 3 heterocycles. The van der Waals surface area contributed by atoms with E-state index >= 15 is 0 Å². The Morgan fingerprint density at radius 2 is 1.18 bits per heavy atom. The smallest absolute Gasteiger partial charge is 0.249 e. The van der Waals surface area contributed by atoms with Crippen molar-refractivity contribution in [2.75, 3.05) is 26.2 Å². The summed E-state index contributed by atoms with van der Waals surface area (Å²) in [5.41, 5.74) is 35.3. The fraction of sp³-hybridized carbons (Fsp3) is 0.963. The van der Waals surface area contributed by atoms with Crippen molar-refractivity contribution in [2.45, 2.75) is 135 Å². The average molecular weight is 716 g/mol. The van der Waals surface area contributed by atoms with Gasteiger partial charge in [0.1, 0.15) is 79.4 Å². The minimum absolute atomic E-state index is 0.00431. The van der Waals surface area contributed by atoms with Gasteiger partial charge in [-0.05, 0) is 19.4 Å². The average Bonchev–Trinajstić information content (AvgIpc) is 3.38. The van der Waals surface area contributed by atoms with Crippen LogP contribution in [0.3, 0.4) is 0 Å². The zero-order chi connectivity index (χ0) is 36.3. The van der Waals surface area contributed by atoms with Gasteiger partial charge in [0.05, 0.1) is 24.7 Å². The van der Waals surface area contributed by atoms with E-state index in [0.717, 1.165) is 0 Å². The lowest BCUT2D eigenvalue weighted by Crippen LogP contribution is -2.69. The van der Waals surface area contributed by atoms with Gasteiger partial charge in [-0.3, -0.25) is 4.79 Å². The molecule has 0 unspecified atom stereocenters. The minimum atomic E-state index is -1.72. The molecule has 49 heavy (non-hydrogen) atoms. The van der Waals surface area contributed by atoms with Gasteiger partial charge >= 0.3 is 0 Å². The van der Waals surface area contributed by atoms with E-state index in [4.69, 9.17) is 62.8 Å². The molecule has 3 saturated heterocycles. The molecule has 0 aromatic carbocycles. The number of carbonyl (C=O) groups excluding carboxylic acids is 1. The van der Waals surface area contributed by atoms with Crippen LogP contribution < -0.4 is 39.7 Å². The predicted molar refractivity (Wildman–Crippen MR) is 162 cm³/mol. The van der Waals surface area contributed by atoms with Crippen LogP contribution in [0, 0.1) is 0 Å². The first-order valence-corrected chi connectivity index (χ1v) is 16.2. The molecule has 0 aromatic rings. The molecule has 0 bridgehead atoms. The number of amides is 1. The normalized spacial score (nSPS) is 48.3. The number of aliphatic hydroxyl groups excluding tert-OH is 8. The van der Waals surface area contributed by atoms with Crippen molar-refractivity contribution in [1.29, 1.82) is 0 Å².